The largest absolute Gasteiger partial charge is 0.349 e. The van der Waals surface area contributed by atoms with Crippen LogP contribution in [-0.4, -0.2) is 18.1 Å². The first-order valence-corrected chi connectivity index (χ1v) is 7.68. The van der Waals surface area contributed by atoms with Crippen molar-refractivity contribution in [2.24, 2.45) is 0 Å². The smallest absolute Gasteiger partial charge is 0.129 e. The molecule has 0 saturated heterocycles. The molecule has 19 heavy (non-hydrogen) atoms. The average Bonchev–Trinajstić information content (AvgIpc) is 3.14. The predicted octanol–water partition coefficient (Wildman–Crippen LogP) is 3.03. The number of nitrogens with one attached hydrogen (secondary N) is 1. The molecule has 1 fully saturated rings. The molecule has 0 aliphatic heterocycles. The van der Waals surface area contributed by atoms with Gasteiger partial charge < -0.3 is 10.2 Å². The molecule has 1 N–H and O–H groups in total. The number of hydrogen-bond donors (Lipinski definition) is 1. The average molecular weight is 273 g/mol. The van der Waals surface area contributed by atoms with E-state index < -0.39 is 0 Å². The molecule has 0 amide bonds. The molecule has 0 bridgehead atoms. The Bertz CT molecular complexity index is 520. The summed E-state index contributed by atoms with van der Waals surface area (Å²) in [6, 6.07) is 7.17. The minimum absolute atomic E-state index is 0.678. The SMILES string of the molecule is CNCc1ccnc(N(Cc2ccsc2)C2CC2)c1. The Labute approximate surface area is 118 Å². The quantitative estimate of drug-likeness (QED) is 0.877. The van der Waals surface area contributed by atoms with Gasteiger partial charge in [0, 0.05) is 25.3 Å². The van der Waals surface area contributed by atoms with Gasteiger partial charge >= 0.3 is 0 Å². The zero-order valence-corrected chi connectivity index (χ0v) is 12.0. The normalized spacial score (nSPS) is 14.6. The number of anilines is 1. The molecule has 1 aliphatic rings. The minimum Gasteiger partial charge on any atom is -0.349 e. The minimum atomic E-state index is 0.678. The number of pyridine rings is 1. The van der Waals surface area contributed by atoms with E-state index in [9.17, 15) is 0 Å². The predicted molar refractivity (Wildman–Crippen MR) is 80.5 cm³/mol. The Morgan fingerprint density at radius 3 is 2.95 bits per heavy atom. The zero-order valence-electron chi connectivity index (χ0n) is 11.2. The Morgan fingerprint density at radius 2 is 2.26 bits per heavy atom. The van der Waals surface area contributed by atoms with E-state index in [1.807, 2.05) is 13.2 Å². The second-order valence-corrected chi connectivity index (χ2v) is 5.82. The van der Waals surface area contributed by atoms with E-state index in [1.54, 1.807) is 11.3 Å². The van der Waals surface area contributed by atoms with E-state index in [-0.39, 0.29) is 0 Å². The van der Waals surface area contributed by atoms with E-state index in [4.69, 9.17) is 0 Å². The van der Waals surface area contributed by atoms with E-state index in [0.29, 0.717) is 6.04 Å². The summed E-state index contributed by atoms with van der Waals surface area (Å²) >= 11 is 1.76. The van der Waals surface area contributed by atoms with Crippen molar-refractivity contribution < 1.29 is 0 Å². The van der Waals surface area contributed by atoms with Crippen molar-refractivity contribution >= 4 is 17.2 Å². The van der Waals surface area contributed by atoms with E-state index >= 15 is 0 Å². The standard InChI is InChI=1S/C15H19N3S/c1-16-9-12-4-6-17-15(8-12)18(14-2-3-14)10-13-5-7-19-11-13/h4-8,11,14,16H,2-3,9-10H2,1H3. The van der Waals surface area contributed by atoms with Crippen LogP contribution >= 0.6 is 11.3 Å². The van der Waals surface area contributed by atoms with Crippen LogP contribution in [0.1, 0.15) is 24.0 Å². The van der Waals surface area contributed by atoms with Gasteiger partial charge in [0.2, 0.25) is 0 Å². The third-order valence-electron chi connectivity index (χ3n) is 3.41. The van der Waals surface area contributed by atoms with Crippen molar-refractivity contribution in [1.29, 1.82) is 0 Å². The highest BCUT2D eigenvalue weighted by atomic mass is 32.1. The highest BCUT2D eigenvalue weighted by Gasteiger charge is 2.30. The molecule has 2 aromatic heterocycles. The molecule has 2 aromatic rings. The fraction of sp³-hybridized carbons (Fsp3) is 0.400. The maximum atomic E-state index is 4.57. The van der Waals surface area contributed by atoms with Crippen LogP contribution < -0.4 is 10.2 Å². The van der Waals surface area contributed by atoms with Gasteiger partial charge in [-0.15, -0.1) is 0 Å². The fourth-order valence-electron chi connectivity index (χ4n) is 2.29. The van der Waals surface area contributed by atoms with Crippen LogP contribution in [0, 0.1) is 0 Å². The van der Waals surface area contributed by atoms with Crippen molar-refractivity contribution in [3.8, 4) is 0 Å². The summed E-state index contributed by atoms with van der Waals surface area (Å²) < 4.78 is 0. The molecule has 0 aromatic carbocycles. The maximum absolute atomic E-state index is 4.57. The highest BCUT2D eigenvalue weighted by Crippen LogP contribution is 2.32. The van der Waals surface area contributed by atoms with Crippen LogP contribution in [0.3, 0.4) is 0 Å². The summed E-state index contributed by atoms with van der Waals surface area (Å²) in [6.45, 7) is 1.87. The lowest BCUT2D eigenvalue weighted by molar-refractivity contribution is 0.771. The van der Waals surface area contributed by atoms with Gasteiger partial charge in [-0.1, -0.05) is 0 Å². The molecule has 2 heterocycles. The molecule has 4 heteroatoms. The third-order valence-corrected chi connectivity index (χ3v) is 4.14. The van der Waals surface area contributed by atoms with E-state index in [1.165, 1.54) is 24.0 Å². The van der Waals surface area contributed by atoms with Crippen LogP contribution in [0.2, 0.25) is 0 Å². The summed E-state index contributed by atoms with van der Waals surface area (Å²) in [7, 11) is 1.98. The first-order chi connectivity index (χ1) is 9.36. The fourth-order valence-corrected chi connectivity index (χ4v) is 2.95. The van der Waals surface area contributed by atoms with Gasteiger partial charge in [0.05, 0.1) is 0 Å². The highest BCUT2D eigenvalue weighted by molar-refractivity contribution is 7.07. The second kappa shape index (κ2) is 5.72. The van der Waals surface area contributed by atoms with Gasteiger partial charge in [-0.3, -0.25) is 0 Å². The topological polar surface area (TPSA) is 28.2 Å². The van der Waals surface area contributed by atoms with Crippen LogP contribution in [0.15, 0.2) is 35.2 Å². The van der Waals surface area contributed by atoms with Gasteiger partial charge in [-0.05, 0) is 60.0 Å². The molecular weight excluding hydrogens is 254 g/mol. The second-order valence-electron chi connectivity index (χ2n) is 5.04. The van der Waals surface area contributed by atoms with Crippen molar-refractivity contribution in [1.82, 2.24) is 10.3 Å². The number of thiophene rings is 1. The van der Waals surface area contributed by atoms with E-state index in [0.717, 1.165) is 18.9 Å². The molecule has 1 aliphatic carbocycles. The van der Waals surface area contributed by atoms with Gasteiger partial charge in [0.1, 0.15) is 5.82 Å². The Kier molecular flexibility index (Phi) is 3.80. The monoisotopic (exact) mass is 273 g/mol. The number of aromatic nitrogens is 1. The lowest BCUT2D eigenvalue weighted by Gasteiger charge is -2.23. The van der Waals surface area contributed by atoms with Crippen LogP contribution in [0.4, 0.5) is 5.82 Å². The van der Waals surface area contributed by atoms with Gasteiger partial charge in [0.15, 0.2) is 0 Å². The van der Waals surface area contributed by atoms with Crippen LogP contribution in [-0.2, 0) is 13.1 Å². The summed E-state index contributed by atoms with van der Waals surface area (Å²) in [5.74, 6) is 1.11. The summed E-state index contributed by atoms with van der Waals surface area (Å²) in [6.07, 6.45) is 4.51. The Morgan fingerprint density at radius 1 is 1.37 bits per heavy atom. The summed E-state index contributed by atoms with van der Waals surface area (Å²) in [5, 5.41) is 7.57. The van der Waals surface area contributed by atoms with Crippen LogP contribution in [0.25, 0.3) is 0 Å². The molecule has 0 atom stereocenters. The molecule has 100 valence electrons. The maximum Gasteiger partial charge on any atom is 0.129 e. The number of hydrogen-bond acceptors (Lipinski definition) is 4. The molecule has 0 unspecified atom stereocenters. The van der Waals surface area contributed by atoms with Crippen molar-refractivity contribution in [3.63, 3.8) is 0 Å². The van der Waals surface area contributed by atoms with Crippen molar-refractivity contribution in [2.75, 3.05) is 11.9 Å². The first-order valence-electron chi connectivity index (χ1n) is 6.74. The summed E-state index contributed by atoms with van der Waals surface area (Å²) in [4.78, 5) is 7.01. The van der Waals surface area contributed by atoms with Gasteiger partial charge in [-0.25, -0.2) is 4.98 Å². The lowest BCUT2D eigenvalue weighted by atomic mass is 10.2. The number of nitrogens with zero attached hydrogens (tertiary/aromatic N) is 2. The summed E-state index contributed by atoms with van der Waals surface area (Å²) in [5.41, 5.74) is 2.68. The Hall–Kier alpha value is -1.39. The molecular formula is C15H19N3S. The first kappa shape index (κ1) is 12.6. The molecule has 0 spiro atoms. The van der Waals surface area contributed by atoms with Gasteiger partial charge in [0.25, 0.3) is 0 Å². The van der Waals surface area contributed by atoms with Crippen molar-refractivity contribution in [2.45, 2.75) is 32.0 Å². The van der Waals surface area contributed by atoms with Gasteiger partial charge in [-0.2, -0.15) is 11.3 Å². The molecule has 3 nitrogen and oxygen atoms in total. The molecule has 0 radical (unpaired) electrons. The Balaban J connectivity index is 1.81. The molecule has 1 saturated carbocycles. The zero-order chi connectivity index (χ0) is 13.1. The van der Waals surface area contributed by atoms with Crippen molar-refractivity contribution in [3.05, 3.63) is 46.3 Å². The number of rotatable bonds is 6. The van der Waals surface area contributed by atoms with Crippen LogP contribution in [0.5, 0.6) is 0 Å². The van der Waals surface area contributed by atoms with E-state index in [2.05, 4.69) is 44.2 Å². The third kappa shape index (κ3) is 3.14. The lowest BCUT2D eigenvalue weighted by Crippen LogP contribution is -2.26. The molecule has 3 rings (SSSR count).